The molecule has 2 aromatic rings. The number of amides is 1. The van der Waals surface area contributed by atoms with Crippen molar-refractivity contribution in [3.05, 3.63) is 35.9 Å². The zero-order valence-corrected chi connectivity index (χ0v) is 13.6. The number of tetrazole rings is 1. The zero-order chi connectivity index (χ0) is 17.7. The predicted molar refractivity (Wildman–Crippen MR) is 81.8 cm³/mol. The molecule has 0 spiro atoms. The highest BCUT2D eigenvalue weighted by atomic mass is 19.1. The molecule has 1 heterocycles. The highest BCUT2D eigenvalue weighted by Crippen LogP contribution is 2.17. The summed E-state index contributed by atoms with van der Waals surface area (Å²) < 4.78 is 19.6. The summed E-state index contributed by atoms with van der Waals surface area (Å²) in [5.41, 5.74) is 0.311. The molecule has 0 fully saturated rings. The lowest BCUT2D eigenvalue weighted by Crippen LogP contribution is -2.45. The number of nitrogens with zero attached hydrogens (tertiary/aromatic N) is 4. The Morgan fingerprint density at radius 2 is 2.17 bits per heavy atom. The molecule has 9 heteroatoms. The molecule has 8 nitrogen and oxygen atoms in total. The van der Waals surface area contributed by atoms with Crippen molar-refractivity contribution in [2.45, 2.75) is 26.3 Å². The summed E-state index contributed by atoms with van der Waals surface area (Å²) in [5, 5.41) is 13.3. The fourth-order valence-corrected chi connectivity index (χ4v) is 2.18. The Kier molecular flexibility index (Phi) is 5.56. The number of rotatable bonds is 6. The van der Waals surface area contributed by atoms with Gasteiger partial charge in [-0.25, -0.2) is 9.18 Å². The lowest BCUT2D eigenvalue weighted by atomic mass is 9.98. The first-order valence-corrected chi connectivity index (χ1v) is 7.39. The van der Waals surface area contributed by atoms with Crippen molar-refractivity contribution in [2.75, 3.05) is 7.11 Å². The summed E-state index contributed by atoms with van der Waals surface area (Å²) in [5.74, 6) is -1.91. The third kappa shape index (κ3) is 3.73. The fourth-order valence-electron chi connectivity index (χ4n) is 2.18. The maximum Gasteiger partial charge on any atom is 0.328 e. The molecule has 0 radical (unpaired) electrons. The van der Waals surface area contributed by atoms with E-state index in [-0.39, 0.29) is 11.5 Å². The van der Waals surface area contributed by atoms with Crippen LogP contribution in [0.25, 0.3) is 5.69 Å². The Labute approximate surface area is 138 Å². The number of methoxy groups -OCH3 is 1. The van der Waals surface area contributed by atoms with Crippen molar-refractivity contribution in [1.82, 2.24) is 25.5 Å². The number of carbonyl (C=O) groups excluding carboxylic acids is 2. The van der Waals surface area contributed by atoms with E-state index in [2.05, 4.69) is 20.8 Å². The molecule has 128 valence electrons. The summed E-state index contributed by atoms with van der Waals surface area (Å²) in [6.45, 7) is 3.71. The van der Waals surface area contributed by atoms with Gasteiger partial charge in [-0.1, -0.05) is 20.3 Å². The Morgan fingerprint density at radius 3 is 2.75 bits per heavy atom. The summed E-state index contributed by atoms with van der Waals surface area (Å²) in [6, 6.07) is 2.81. The average molecular weight is 335 g/mol. The minimum Gasteiger partial charge on any atom is -0.467 e. The lowest BCUT2D eigenvalue weighted by molar-refractivity contribution is -0.144. The van der Waals surface area contributed by atoms with Gasteiger partial charge in [-0.05, 0) is 34.5 Å². The molecule has 1 aromatic carbocycles. The van der Waals surface area contributed by atoms with E-state index in [1.165, 1.54) is 30.3 Å². The van der Waals surface area contributed by atoms with Gasteiger partial charge >= 0.3 is 5.97 Å². The van der Waals surface area contributed by atoms with Crippen LogP contribution in [0.4, 0.5) is 4.39 Å². The molecule has 1 aromatic heterocycles. The van der Waals surface area contributed by atoms with Crippen LogP contribution in [0, 0.1) is 11.7 Å². The van der Waals surface area contributed by atoms with E-state index >= 15 is 0 Å². The molecule has 24 heavy (non-hydrogen) atoms. The Hall–Kier alpha value is -2.84. The summed E-state index contributed by atoms with van der Waals surface area (Å²) in [6.07, 6.45) is 1.94. The van der Waals surface area contributed by atoms with Crippen molar-refractivity contribution >= 4 is 11.9 Å². The molecule has 1 unspecified atom stereocenters. The molecule has 1 N–H and O–H groups in total. The van der Waals surface area contributed by atoms with Gasteiger partial charge < -0.3 is 10.1 Å². The highest BCUT2D eigenvalue weighted by molar-refractivity contribution is 5.99. The van der Waals surface area contributed by atoms with Gasteiger partial charge in [-0.15, -0.1) is 5.10 Å². The molecule has 2 rings (SSSR count). The van der Waals surface area contributed by atoms with Crippen LogP contribution in [0.3, 0.4) is 0 Å². The van der Waals surface area contributed by atoms with Gasteiger partial charge in [0.25, 0.3) is 5.91 Å². The third-order valence-electron chi connectivity index (χ3n) is 3.75. The van der Waals surface area contributed by atoms with Crippen molar-refractivity contribution in [3.63, 3.8) is 0 Å². The van der Waals surface area contributed by atoms with E-state index in [4.69, 9.17) is 4.74 Å². The van der Waals surface area contributed by atoms with Crippen molar-refractivity contribution < 1.29 is 18.7 Å². The molecule has 1 amide bonds. The second kappa shape index (κ2) is 7.62. The van der Waals surface area contributed by atoms with Crippen LogP contribution in [0.2, 0.25) is 0 Å². The maximum atomic E-state index is 13.6. The van der Waals surface area contributed by atoms with E-state index in [1.54, 1.807) is 0 Å². The molecular formula is C15H18FN5O3. The second-order valence-corrected chi connectivity index (χ2v) is 5.28. The molecule has 0 saturated heterocycles. The summed E-state index contributed by atoms with van der Waals surface area (Å²) >= 11 is 0. The predicted octanol–water partition coefficient (Wildman–Crippen LogP) is 1.12. The number of aromatic nitrogens is 4. The lowest BCUT2D eigenvalue weighted by Gasteiger charge is -2.22. The maximum absolute atomic E-state index is 13.6. The van der Waals surface area contributed by atoms with Gasteiger partial charge in [0.1, 0.15) is 18.2 Å². The first-order chi connectivity index (χ1) is 11.5. The van der Waals surface area contributed by atoms with Crippen LogP contribution in [0.15, 0.2) is 24.5 Å². The van der Waals surface area contributed by atoms with Crippen LogP contribution in [-0.2, 0) is 9.53 Å². The largest absolute Gasteiger partial charge is 0.467 e. The van der Waals surface area contributed by atoms with Gasteiger partial charge in [-0.2, -0.15) is 4.68 Å². The SMILES string of the molecule is CCC(C)[C@H](NC(=O)c1cc(F)ccc1-n1cnnn1)C(=O)OC. The van der Waals surface area contributed by atoms with Crippen molar-refractivity contribution in [2.24, 2.45) is 5.92 Å². The topological polar surface area (TPSA) is 99.0 Å². The Bertz CT molecular complexity index is 720. The molecule has 0 aliphatic carbocycles. The average Bonchev–Trinajstić information content (AvgIpc) is 3.12. The summed E-state index contributed by atoms with van der Waals surface area (Å²) in [4.78, 5) is 24.5. The summed E-state index contributed by atoms with van der Waals surface area (Å²) in [7, 11) is 1.25. The number of ether oxygens (including phenoxy) is 1. The molecule has 0 bridgehead atoms. The van der Waals surface area contributed by atoms with Crippen LogP contribution < -0.4 is 5.32 Å². The van der Waals surface area contributed by atoms with E-state index < -0.39 is 23.7 Å². The molecular weight excluding hydrogens is 317 g/mol. The quantitative estimate of drug-likeness (QED) is 0.794. The van der Waals surface area contributed by atoms with Gasteiger partial charge in [0.15, 0.2) is 0 Å². The fraction of sp³-hybridized carbons (Fsp3) is 0.400. The van der Waals surface area contributed by atoms with Crippen molar-refractivity contribution in [3.8, 4) is 5.69 Å². The van der Waals surface area contributed by atoms with Crippen LogP contribution in [-0.4, -0.2) is 45.2 Å². The number of nitrogens with one attached hydrogen (secondary N) is 1. The van der Waals surface area contributed by atoms with Crippen LogP contribution >= 0.6 is 0 Å². The number of hydrogen-bond acceptors (Lipinski definition) is 6. The zero-order valence-electron chi connectivity index (χ0n) is 13.6. The number of esters is 1. The number of carbonyl (C=O) groups is 2. The smallest absolute Gasteiger partial charge is 0.328 e. The number of hydrogen-bond donors (Lipinski definition) is 1. The molecule has 2 atom stereocenters. The minimum atomic E-state index is -0.836. The van der Waals surface area contributed by atoms with Gasteiger partial charge in [0.05, 0.1) is 18.4 Å². The minimum absolute atomic E-state index is 0.0134. The third-order valence-corrected chi connectivity index (χ3v) is 3.75. The normalized spacial score (nSPS) is 13.2. The van der Waals surface area contributed by atoms with E-state index in [0.29, 0.717) is 12.1 Å². The van der Waals surface area contributed by atoms with Crippen LogP contribution in [0.1, 0.15) is 30.6 Å². The molecule has 0 aliphatic rings. The first-order valence-electron chi connectivity index (χ1n) is 7.39. The van der Waals surface area contributed by atoms with Gasteiger partial charge in [-0.3, -0.25) is 4.79 Å². The Morgan fingerprint density at radius 1 is 1.42 bits per heavy atom. The Balaban J connectivity index is 2.35. The number of benzene rings is 1. The van der Waals surface area contributed by atoms with E-state index in [1.807, 2.05) is 13.8 Å². The first kappa shape index (κ1) is 17.5. The van der Waals surface area contributed by atoms with E-state index in [0.717, 1.165) is 6.07 Å². The van der Waals surface area contributed by atoms with Gasteiger partial charge in [0, 0.05) is 0 Å². The van der Waals surface area contributed by atoms with Crippen LogP contribution in [0.5, 0.6) is 0 Å². The highest BCUT2D eigenvalue weighted by Gasteiger charge is 2.28. The standard InChI is InChI=1S/C15H18FN5O3/c1-4-9(2)13(15(23)24-3)18-14(22)11-7-10(16)5-6-12(11)21-8-17-19-20-21/h5-9,13H,4H2,1-3H3,(H,18,22)/t9?,13-/m0/s1. The van der Waals surface area contributed by atoms with Crippen molar-refractivity contribution in [1.29, 1.82) is 0 Å². The van der Waals surface area contributed by atoms with Gasteiger partial charge in [0.2, 0.25) is 0 Å². The monoisotopic (exact) mass is 335 g/mol. The number of halogens is 1. The van der Waals surface area contributed by atoms with E-state index in [9.17, 15) is 14.0 Å². The molecule has 0 aliphatic heterocycles. The second-order valence-electron chi connectivity index (χ2n) is 5.28. The molecule has 0 saturated carbocycles.